The van der Waals surface area contributed by atoms with Gasteiger partial charge in [0.1, 0.15) is 23.5 Å². The Morgan fingerprint density at radius 3 is 1.48 bits per heavy atom. The lowest BCUT2D eigenvalue weighted by molar-refractivity contribution is -0.393. The van der Waals surface area contributed by atoms with Crippen molar-refractivity contribution in [1.29, 1.82) is 0 Å². The second-order valence-corrected chi connectivity index (χ2v) is 14.5. The maximum atomic E-state index is 14.5. The highest BCUT2D eigenvalue weighted by atomic mass is 16.6. The topological polar surface area (TPSA) is 602 Å². The third kappa shape index (κ3) is 16.3. The van der Waals surface area contributed by atoms with Crippen molar-refractivity contribution in [3.63, 3.8) is 0 Å². The second-order valence-electron chi connectivity index (χ2n) is 14.5. The van der Waals surface area contributed by atoms with E-state index in [1.54, 1.807) is 0 Å². The molecule has 0 radical (unpaired) electrons. The predicted molar refractivity (Wildman–Crippen MR) is 254 cm³/mol. The zero-order valence-electron chi connectivity index (χ0n) is 37.8. The molecule has 6 atom stereocenters. The van der Waals surface area contributed by atoms with Gasteiger partial charge in [-0.15, -0.1) is 0 Å². The maximum Gasteiger partial charge on any atom is 0.338 e. The highest BCUT2D eigenvalue weighted by molar-refractivity contribution is 6.02. The molecule has 0 saturated heterocycles. The number of aromatic carboxylic acids is 1. The van der Waals surface area contributed by atoms with E-state index in [1.807, 2.05) is 16.0 Å². The molecular weight excluding hydrogens is 975 g/mol. The molecule has 0 fully saturated rings. The van der Waals surface area contributed by atoms with Crippen LogP contribution in [0, 0.1) is 20.2 Å². The van der Waals surface area contributed by atoms with E-state index < -0.39 is 148 Å². The molecular formula is C38H49N21O14. The molecule has 3 rings (SSSR count). The number of methoxy groups -OCH3 is 1. The number of non-ortho nitro benzene ring substituents is 1. The highest BCUT2D eigenvalue weighted by Crippen LogP contribution is 2.38. The molecule has 35 heteroatoms. The molecule has 6 amide bonds. The lowest BCUT2D eigenvalue weighted by Crippen LogP contribution is -2.58. The third-order valence-corrected chi connectivity index (χ3v) is 9.29. The fraction of sp³-hybridized carbons (Fsp3) is 0.237. The van der Waals surface area contributed by atoms with E-state index in [9.17, 15) is 64.0 Å². The first-order valence-corrected chi connectivity index (χ1v) is 20.2. The molecule has 0 aliphatic rings. The Labute approximate surface area is 409 Å². The van der Waals surface area contributed by atoms with Crippen LogP contribution in [0.3, 0.4) is 0 Å². The normalized spacial score (nSPS) is 12.9. The summed E-state index contributed by atoms with van der Waals surface area (Å²) in [4.78, 5) is 131. The standard InChI is InChI=1S/C38H49N21O14/c1-73-18-9-7-15(8-10-18)13-57(23-19(34(67)68)11-17(58(69)70)12-20(23)59(71)72)21(14-60)29(62)48-22(16-5-3-2-4-6-16)30(63)50-26(54-36(42)43)32(65)52-28(56-38(46)47)33(66)51-27(55-37(44)45)31(64)49-25(24(39)61)53-35(40)41/h2-12,21-22,25-28,60H,13-14H2,1H3,(H2,39,61)(H,48,62)(H,49,64)(H,50,63)(H,51,66)(H,52,65)(H,67,68)(H4,40,41,53)(H4,42,43,54)(H4,44,45,55)(H4,46,47,56). The molecule has 25 N–H and O–H groups in total. The Balaban J connectivity index is 2.12. The number of aliphatic imine (C=N–C) groups is 4. The molecule has 0 aliphatic carbocycles. The van der Waals surface area contributed by atoms with Crippen molar-refractivity contribution >= 4 is 82.3 Å². The molecule has 0 heterocycles. The first-order chi connectivity index (χ1) is 34.3. The number of aliphatic hydroxyl groups is 1. The van der Waals surface area contributed by atoms with Crippen LogP contribution in [0.5, 0.6) is 5.75 Å². The minimum atomic E-state index is -2.26. The van der Waals surface area contributed by atoms with Gasteiger partial charge in [-0.25, -0.2) is 24.8 Å². The number of nitro groups is 2. The largest absolute Gasteiger partial charge is 0.497 e. The Morgan fingerprint density at radius 1 is 0.630 bits per heavy atom. The predicted octanol–water partition coefficient (Wildman–Crippen LogP) is -7.22. The van der Waals surface area contributed by atoms with Crippen molar-refractivity contribution in [2.45, 2.75) is 43.3 Å². The summed E-state index contributed by atoms with van der Waals surface area (Å²) in [6.07, 6.45) is -8.59. The van der Waals surface area contributed by atoms with E-state index in [0.717, 1.165) is 4.90 Å². The lowest BCUT2D eigenvalue weighted by atomic mass is 10.0. The Morgan fingerprint density at radius 2 is 1.08 bits per heavy atom. The Hall–Kier alpha value is -10.6. The number of ether oxygens (including phenoxy) is 1. The van der Waals surface area contributed by atoms with Crippen LogP contribution in [-0.2, 0) is 35.3 Å². The number of carbonyl (C=O) groups excluding carboxylic acids is 6. The van der Waals surface area contributed by atoms with E-state index in [4.69, 9.17) is 56.3 Å². The van der Waals surface area contributed by atoms with Gasteiger partial charge >= 0.3 is 5.97 Å². The van der Waals surface area contributed by atoms with Crippen LogP contribution in [0.2, 0.25) is 0 Å². The molecule has 0 aliphatic heterocycles. The van der Waals surface area contributed by atoms with Gasteiger partial charge in [0.15, 0.2) is 23.8 Å². The number of benzene rings is 3. The van der Waals surface area contributed by atoms with Gasteiger partial charge in [-0.1, -0.05) is 42.5 Å². The summed E-state index contributed by atoms with van der Waals surface area (Å²) in [5.74, 6) is -13.1. The lowest BCUT2D eigenvalue weighted by Gasteiger charge is -2.33. The Bertz CT molecular complexity index is 2670. The molecule has 73 heavy (non-hydrogen) atoms. The fourth-order valence-electron chi connectivity index (χ4n) is 6.19. The number of hydrogen-bond acceptors (Lipinski definition) is 18. The molecule has 35 nitrogen and oxygen atoms in total. The highest BCUT2D eigenvalue weighted by Gasteiger charge is 2.39. The van der Waals surface area contributed by atoms with Crippen molar-refractivity contribution in [3.8, 4) is 5.75 Å². The summed E-state index contributed by atoms with van der Waals surface area (Å²) in [5.41, 5.74) is 44.8. The van der Waals surface area contributed by atoms with Crippen LogP contribution in [-0.4, -0.2) is 130 Å². The molecule has 6 unspecified atom stereocenters. The number of carboxylic acids is 1. The molecule has 0 bridgehead atoms. The van der Waals surface area contributed by atoms with Gasteiger partial charge in [-0.05, 0) is 23.3 Å². The molecule has 3 aromatic rings. The van der Waals surface area contributed by atoms with Crippen molar-refractivity contribution in [2.24, 2.45) is 71.6 Å². The van der Waals surface area contributed by atoms with Gasteiger partial charge in [0.25, 0.3) is 35.0 Å². The number of carboxylic acid groups (broad SMARTS) is 1. The number of carbonyl (C=O) groups is 7. The summed E-state index contributed by atoms with van der Waals surface area (Å²) in [6.45, 7) is -1.87. The van der Waals surface area contributed by atoms with Crippen LogP contribution < -0.4 is 87.8 Å². The van der Waals surface area contributed by atoms with Crippen LogP contribution in [0.1, 0.15) is 27.5 Å². The monoisotopic (exact) mass is 1020 g/mol. The van der Waals surface area contributed by atoms with Crippen molar-refractivity contribution < 1.29 is 58.4 Å². The van der Waals surface area contributed by atoms with E-state index in [-0.39, 0.29) is 11.1 Å². The van der Waals surface area contributed by atoms with Crippen molar-refractivity contribution in [1.82, 2.24) is 26.6 Å². The number of guanidine groups is 4. The summed E-state index contributed by atoms with van der Waals surface area (Å²) >= 11 is 0. The van der Waals surface area contributed by atoms with E-state index in [0.29, 0.717) is 17.9 Å². The second kappa shape index (κ2) is 25.7. The minimum Gasteiger partial charge on any atom is -0.497 e. The average molecular weight is 1020 g/mol. The van der Waals surface area contributed by atoms with Crippen LogP contribution >= 0.6 is 0 Å². The number of nitro benzene ring substituents is 2. The molecule has 390 valence electrons. The smallest absolute Gasteiger partial charge is 0.338 e. The van der Waals surface area contributed by atoms with E-state index in [1.165, 1.54) is 61.7 Å². The number of hydrogen-bond donors (Lipinski definition) is 16. The number of primary amides is 1. The number of nitrogens with two attached hydrogens (primary N) is 9. The summed E-state index contributed by atoms with van der Waals surface area (Å²) < 4.78 is 5.16. The quantitative estimate of drug-likeness (QED) is 0.0162. The fourth-order valence-corrected chi connectivity index (χ4v) is 6.19. The van der Waals surface area contributed by atoms with Crippen LogP contribution in [0.25, 0.3) is 0 Å². The molecule has 3 aromatic carbocycles. The number of nitrogens with zero attached hydrogens (tertiary/aromatic N) is 7. The van der Waals surface area contributed by atoms with E-state index >= 15 is 0 Å². The number of nitrogens with one attached hydrogen (secondary N) is 5. The SMILES string of the molecule is COc1ccc(CN(c2c(C(=O)O)cc([N+](=O)[O-])cc2[N+](=O)[O-])C(CO)C(=O)NC(C(=O)NC(N=C(N)N)C(=O)NC(N=C(N)N)C(=O)NC(N=C(N)N)C(=O)NC(N=C(N)N)C(N)=O)c2ccccc2)cc1. The summed E-state index contributed by atoms with van der Waals surface area (Å²) in [6, 6.07) is 9.60. The van der Waals surface area contributed by atoms with E-state index in [2.05, 4.69) is 30.6 Å². The van der Waals surface area contributed by atoms with Gasteiger partial charge in [0.2, 0.25) is 36.5 Å². The first-order valence-electron chi connectivity index (χ1n) is 20.2. The number of anilines is 1. The third-order valence-electron chi connectivity index (χ3n) is 9.29. The summed E-state index contributed by atoms with van der Waals surface area (Å²) in [7, 11) is 1.35. The van der Waals surface area contributed by atoms with Gasteiger partial charge < -0.3 is 98.0 Å². The molecule has 0 saturated carbocycles. The van der Waals surface area contributed by atoms with Crippen LogP contribution in [0.15, 0.2) is 86.7 Å². The van der Waals surface area contributed by atoms with Gasteiger partial charge in [0, 0.05) is 12.6 Å². The zero-order valence-corrected chi connectivity index (χ0v) is 37.8. The van der Waals surface area contributed by atoms with Gasteiger partial charge in [0.05, 0.1) is 35.2 Å². The Kier molecular flexibility index (Phi) is 19.9. The number of aliphatic hydroxyl groups excluding tert-OH is 1. The zero-order chi connectivity index (χ0) is 54.9. The summed E-state index contributed by atoms with van der Waals surface area (Å²) in [5, 5.41) is 55.8. The minimum absolute atomic E-state index is 0.0524. The van der Waals surface area contributed by atoms with Crippen molar-refractivity contribution in [3.05, 3.63) is 104 Å². The molecule has 0 aromatic heterocycles. The van der Waals surface area contributed by atoms with Crippen molar-refractivity contribution in [2.75, 3.05) is 18.6 Å². The number of rotatable bonds is 25. The average Bonchev–Trinajstić information content (AvgIpc) is 3.31. The maximum absolute atomic E-state index is 14.5. The number of amides is 6. The van der Waals surface area contributed by atoms with Gasteiger partial charge in [-0.3, -0.25) is 49.0 Å². The van der Waals surface area contributed by atoms with Gasteiger partial charge in [-0.2, -0.15) is 0 Å². The molecule has 0 spiro atoms. The first kappa shape index (κ1) is 56.7. The van der Waals surface area contributed by atoms with Crippen LogP contribution in [0.4, 0.5) is 17.1 Å².